The molecule has 4 rings (SSSR count). The molecule has 0 unspecified atom stereocenters. The first-order valence-corrected chi connectivity index (χ1v) is 10.0. The van der Waals surface area contributed by atoms with E-state index in [-0.39, 0.29) is 58.8 Å². The quantitative estimate of drug-likeness (QED) is 0.434. The molecule has 27 heavy (non-hydrogen) atoms. The molecule has 0 aromatic heterocycles. The first kappa shape index (κ1) is 18.7. The number of fused-ring (bicyclic) bond motifs is 5. The zero-order valence-corrected chi connectivity index (χ0v) is 16.7. The Kier molecular flexibility index (Phi) is 4.12. The highest BCUT2D eigenvalue weighted by atomic mass is 16.6. The van der Waals surface area contributed by atoms with Crippen LogP contribution in [0.25, 0.3) is 0 Å². The number of rotatable bonds is 1. The van der Waals surface area contributed by atoms with Crippen molar-refractivity contribution in [3.05, 3.63) is 23.8 Å². The van der Waals surface area contributed by atoms with Crippen molar-refractivity contribution >= 4 is 11.9 Å². The molecule has 4 aliphatic rings. The molecule has 5 nitrogen and oxygen atoms in total. The van der Waals surface area contributed by atoms with Crippen LogP contribution in [0, 0.1) is 28.6 Å². The Hall–Kier alpha value is -1.62. The summed E-state index contributed by atoms with van der Waals surface area (Å²) < 4.78 is 11.5. The van der Waals surface area contributed by atoms with Gasteiger partial charge < -0.3 is 14.6 Å². The first-order valence-electron chi connectivity index (χ1n) is 10.0. The zero-order valence-electron chi connectivity index (χ0n) is 16.7. The summed E-state index contributed by atoms with van der Waals surface area (Å²) in [6.07, 6.45) is 4.29. The highest BCUT2D eigenvalue weighted by Gasteiger charge is 2.62. The number of aliphatic hydroxyl groups excluding tert-OH is 1. The van der Waals surface area contributed by atoms with Crippen LogP contribution in [0.4, 0.5) is 0 Å². The number of allylic oxidation sites excluding steroid dienone is 1. The van der Waals surface area contributed by atoms with Gasteiger partial charge in [-0.1, -0.05) is 33.4 Å². The lowest BCUT2D eigenvalue weighted by atomic mass is 9.45. The van der Waals surface area contributed by atoms with Gasteiger partial charge in [0, 0.05) is 24.3 Å². The summed E-state index contributed by atoms with van der Waals surface area (Å²) in [5, 5.41) is 10.6. The molecule has 0 aromatic carbocycles. The third kappa shape index (κ3) is 2.54. The van der Waals surface area contributed by atoms with Crippen molar-refractivity contribution in [3.8, 4) is 0 Å². The minimum absolute atomic E-state index is 0.00637. The highest BCUT2D eigenvalue weighted by molar-refractivity contribution is 5.91. The van der Waals surface area contributed by atoms with E-state index >= 15 is 0 Å². The van der Waals surface area contributed by atoms with Crippen molar-refractivity contribution in [2.45, 2.75) is 71.7 Å². The normalized spacial score (nSPS) is 45.1. The van der Waals surface area contributed by atoms with E-state index in [9.17, 15) is 14.7 Å². The first-order chi connectivity index (χ1) is 12.6. The smallest absolute Gasteiger partial charge is 0.334 e. The maximum Gasteiger partial charge on any atom is 0.334 e. The lowest BCUT2D eigenvalue weighted by molar-refractivity contribution is -0.172. The number of hydrogen-bond donors (Lipinski definition) is 1. The minimum atomic E-state index is -0.335. The van der Waals surface area contributed by atoms with Gasteiger partial charge in [-0.3, -0.25) is 4.79 Å². The Morgan fingerprint density at radius 1 is 1.37 bits per heavy atom. The summed E-state index contributed by atoms with van der Waals surface area (Å²) in [4.78, 5) is 24.0. The number of hydrogen-bond acceptors (Lipinski definition) is 5. The Morgan fingerprint density at radius 2 is 2.07 bits per heavy atom. The standard InChI is InChI=1S/C22H30O5/c1-11-14-10-15(26-12(2)23)18-13(19(14)27-20(11)25)6-7-16-21(3,4)17(24)8-9-22(16,18)5/h6,14-19,24H,1,7-10H2,2-5H3/t14-,15-,16+,17-,18-,19-,22+/m0/s1. The number of aliphatic hydroxyl groups is 1. The molecule has 0 bridgehead atoms. The van der Waals surface area contributed by atoms with Gasteiger partial charge in [0.25, 0.3) is 0 Å². The largest absolute Gasteiger partial charge is 0.462 e. The second-order valence-electron chi connectivity index (χ2n) is 9.69. The summed E-state index contributed by atoms with van der Waals surface area (Å²) >= 11 is 0. The predicted molar refractivity (Wildman–Crippen MR) is 99.5 cm³/mol. The van der Waals surface area contributed by atoms with Crippen molar-refractivity contribution in [2.24, 2.45) is 28.6 Å². The molecular weight excluding hydrogens is 344 g/mol. The molecule has 0 amide bonds. The van der Waals surface area contributed by atoms with Gasteiger partial charge in [0.15, 0.2) is 0 Å². The third-order valence-corrected chi connectivity index (χ3v) is 7.98. The SMILES string of the molecule is C=C1C(=O)O[C@H]2C3=CC[C@@H]4C(C)(C)[C@@H](O)CC[C@@]4(C)[C@@H]3[C@@H](OC(C)=O)C[C@@H]12. The molecule has 1 saturated heterocycles. The summed E-state index contributed by atoms with van der Waals surface area (Å²) in [5.41, 5.74) is 1.25. The number of carbonyl (C=O) groups excluding carboxylic acids is 2. The maximum atomic E-state index is 12.2. The molecule has 1 N–H and O–H groups in total. The number of carbonyl (C=O) groups is 2. The van der Waals surface area contributed by atoms with Crippen molar-refractivity contribution in [2.75, 3.05) is 0 Å². The van der Waals surface area contributed by atoms with Crippen LogP contribution in [0.1, 0.15) is 53.4 Å². The van der Waals surface area contributed by atoms with E-state index in [1.165, 1.54) is 6.92 Å². The second-order valence-corrected chi connectivity index (χ2v) is 9.69. The van der Waals surface area contributed by atoms with Crippen LogP contribution in [-0.2, 0) is 19.1 Å². The van der Waals surface area contributed by atoms with Crippen LogP contribution in [0.3, 0.4) is 0 Å². The monoisotopic (exact) mass is 374 g/mol. The molecule has 2 saturated carbocycles. The van der Waals surface area contributed by atoms with Crippen LogP contribution in [0.5, 0.6) is 0 Å². The minimum Gasteiger partial charge on any atom is -0.462 e. The molecule has 3 fully saturated rings. The van der Waals surface area contributed by atoms with E-state index in [2.05, 4.69) is 33.4 Å². The zero-order chi connectivity index (χ0) is 19.7. The Morgan fingerprint density at radius 3 is 2.74 bits per heavy atom. The number of ether oxygens (including phenoxy) is 2. The van der Waals surface area contributed by atoms with Crippen LogP contribution < -0.4 is 0 Å². The summed E-state index contributed by atoms with van der Waals surface area (Å²) in [6, 6.07) is 0. The Labute approximate surface area is 160 Å². The molecule has 7 atom stereocenters. The molecule has 1 heterocycles. The lowest BCUT2D eigenvalue weighted by Crippen LogP contribution is -2.59. The van der Waals surface area contributed by atoms with Gasteiger partial charge in [0.2, 0.25) is 0 Å². The van der Waals surface area contributed by atoms with Crippen LogP contribution >= 0.6 is 0 Å². The summed E-state index contributed by atoms with van der Waals surface area (Å²) in [6.45, 7) is 11.9. The van der Waals surface area contributed by atoms with Gasteiger partial charge in [0.1, 0.15) is 12.2 Å². The van der Waals surface area contributed by atoms with Gasteiger partial charge in [-0.2, -0.15) is 0 Å². The molecule has 3 aliphatic carbocycles. The highest BCUT2D eigenvalue weighted by Crippen LogP contribution is 2.64. The van der Waals surface area contributed by atoms with Gasteiger partial charge in [-0.15, -0.1) is 0 Å². The van der Waals surface area contributed by atoms with E-state index < -0.39 is 0 Å². The van der Waals surface area contributed by atoms with Gasteiger partial charge in [-0.25, -0.2) is 4.79 Å². The van der Waals surface area contributed by atoms with Gasteiger partial charge in [-0.05, 0) is 48.0 Å². The molecule has 0 aromatic rings. The fourth-order valence-electron chi connectivity index (χ4n) is 6.60. The van der Waals surface area contributed by atoms with Gasteiger partial charge >= 0.3 is 11.9 Å². The van der Waals surface area contributed by atoms with Gasteiger partial charge in [0.05, 0.1) is 6.10 Å². The van der Waals surface area contributed by atoms with Crippen LogP contribution in [-0.4, -0.2) is 35.4 Å². The maximum absolute atomic E-state index is 12.2. The average Bonchev–Trinajstić information content (AvgIpc) is 2.86. The molecule has 148 valence electrons. The lowest BCUT2D eigenvalue weighted by Gasteiger charge is -2.61. The van der Waals surface area contributed by atoms with E-state index in [0.29, 0.717) is 12.0 Å². The molecule has 1 aliphatic heterocycles. The van der Waals surface area contributed by atoms with Crippen LogP contribution in [0.15, 0.2) is 23.8 Å². The second kappa shape index (κ2) is 5.94. The Balaban J connectivity index is 1.80. The van der Waals surface area contributed by atoms with Crippen molar-refractivity contribution in [3.63, 3.8) is 0 Å². The van der Waals surface area contributed by atoms with Crippen LogP contribution in [0.2, 0.25) is 0 Å². The van der Waals surface area contributed by atoms with Crippen molar-refractivity contribution in [1.82, 2.24) is 0 Å². The molecule has 0 radical (unpaired) electrons. The molecule has 5 heteroatoms. The van der Waals surface area contributed by atoms with Crippen molar-refractivity contribution in [1.29, 1.82) is 0 Å². The Bertz CT molecular complexity index is 735. The van der Waals surface area contributed by atoms with E-state index in [0.717, 1.165) is 24.8 Å². The van der Waals surface area contributed by atoms with E-state index in [1.807, 2.05) is 0 Å². The summed E-state index contributed by atoms with van der Waals surface area (Å²) in [5.74, 6) is -0.467. The third-order valence-electron chi connectivity index (χ3n) is 7.98. The number of esters is 2. The average molecular weight is 374 g/mol. The van der Waals surface area contributed by atoms with Crippen molar-refractivity contribution < 1.29 is 24.2 Å². The van der Waals surface area contributed by atoms with E-state index in [4.69, 9.17) is 9.47 Å². The topological polar surface area (TPSA) is 72.8 Å². The fourth-order valence-corrected chi connectivity index (χ4v) is 6.60. The summed E-state index contributed by atoms with van der Waals surface area (Å²) in [7, 11) is 0. The molecular formula is C22H30O5. The molecule has 0 spiro atoms. The van der Waals surface area contributed by atoms with E-state index in [1.54, 1.807) is 0 Å². The predicted octanol–water partition coefficient (Wildman–Crippen LogP) is 3.17. The fraction of sp³-hybridized carbons (Fsp3) is 0.727.